The molecule has 0 saturated heterocycles. The number of hydrogen-bond donors (Lipinski definition) is 1. The van der Waals surface area contributed by atoms with E-state index in [-0.39, 0.29) is 23.1 Å². The minimum atomic E-state index is -0.482. The maximum Gasteiger partial charge on any atom is 0.311 e. The largest absolute Gasteiger partial charge is 0.490 e. The first-order valence-corrected chi connectivity index (χ1v) is 8.58. The van der Waals surface area contributed by atoms with Crippen molar-refractivity contribution in [2.45, 2.75) is 12.7 Å². The number of carbonyl (C=O) groups excluding carboxylic acids is 1. The van der Waals surface area contributed by atoms with Crippen LogP contribution in [0.25, 0.3) is 0 Å². The van der Waals surface area contributed by atoms with Gasteiger partial charge in [-0.05, 0) is 18.6 Å². The van der Waals surface area contributed by atoms with Gasteiger partial charge in [0.05, 0.1) is 17.8 Å². The Balaban J connectivity index is 1.87. The van der Waals surface area contributed by atoms with Gasteiger partial charge in [-0.15, -0.1) is 23.1 Å². The minimum Gasteiger partial charge on any atom is -0.490 e. The quantitative estimate of drug-likeness (QED) is 0.606. The zero-order chi connectivity index (χ0) is 16.8. The lowest BCUT2D eigenvalue weighted by Crippen LogP contribution is -2.13. The van der Waals surface area contributed by atoms with Crippen LogP contribution in [0, 0.1) is 17.0 Å². The van der Waals surface area contributed by atoms with Crippen LogP contribution in [0.2, 0.25) is 0 Å². The molecule has 1 amide bonds. The molecular weight excluding hydrogens is 338 g/mol. The normalized spacial score (nSPS) is 10.3. The highest BCUT2D eigenvalue weighted by molar-refractivity contribution is 7.99. The van der Waals surface area contributed by atoms with Gasteiger partial charge in [0.15, 0.2) is 10.9 Å². The number of aromatic nitrogens is 1. The van der Waals surface area contributed by atoms with E-state index in [9.17, 15) is 14.9 Å². The van der Waals surface area contributed by atoms with E-state index in [0.717, 1.165) is 10.4 Å². The predicted octanol–water partition coefficient (Wildman–Crippen LogP) is 3.24. The summed E-state index contributed by atoms with van der Waals surface area (Å²) in [5.41, 5.74) is 0.689. The molecule has 0 aliphatic heterocycles. The molecule has 122 valence electrons. The molecule has 0 atom stereocenters. The number of nitrogens with one attached hydrogen (secondary N) is 1. The first-order valence-electron chi connectivity index (χ1n) is 6.61. The number of thioether (sulfide) groups is 1. The van der Waals surface area contributed by atoms with Crippen molar-refractivity contribution in [1.29, 1.82) is 0 Å². The lowest BCUT2D eigenvalue weighted by Gasteiger charge is -2.05. The van der Waals surface area contributed by atoms with Crippen molar-refractivity contribution in [3.05, 3.63) is 45.0 Å². The second-order valence-electron chi connectivity index (χ2n) is 4.58. The van der Waals surface area contributed by atoms with Crippen LogP contribution in [-0.2, 0) is 10.5 Å². The number of nitro groups is 1. The summed E-state index contributed by atoms with van der Waals surface area (Å²) in [6.07, 6.45) is 1.70. The molecule has 1 aromatic heterocycles. The molecule has 0 saturated carbocycles. The van der Waals surface area contributed by atoms with Crippen molar-refractivity contribution < 1.29 is 14.5 Å². The van der Waals surface area contributed by atoms with Gasteiger partial charge in [0.2, 0.25) is 5.91 Å². The Hall–Kier alpha value is -2.13. The highest BCUT2D eigenvalue weighted by Gasteiger charge is 2.15. The number of hydrogen-bond acceptors (Lipinski definition) is 7. The third-order valence-corrected chi connectivity index (χ3v) is 4.64. The monoisotopic (exact) mass is 353 g/mol. The summed E-state index contributed by atoms with van der Waals surface area (Å²) >= 11 is 2.79. The van der Waals surface area contributed by atoms with Crippen LogP contribution < -0.4 is 10.1 Å². The highest BCUT2D eigenvalue weighted by atomic mass is 32.2. The number of thiazole rings is 1. The molecule has 9 heteroatoms. The van der Waals surface area contributed by atoms with Crippen LogP contribution in [-0.4, -0.2) is 28.7 Å². The van der Waals surface area contributed by atoms with Crippen molar-refractivity contribution in [3.8, 4) is 5.75 Å². The lowest BCUT2D eigenvalue weighted by atomic mass is 10.2. The van der Waals surface area contributed by atoms with Crippen molar-refractivity contribution in [2.75, 3.05) is 18.2 Å². The molecule has 1 N–H and O–H groups in total. The van der Waals surface area contributed by atoms with Crippen LogP contribution in [0.3, 0.4) is 0 Å². The Kier molecular flexibility index (Phi) is 5.94. The van der Waals surface area contributed by atoms with Crippen molar-refractivity contribution in [1.82, 2.24) is 4.98 Å². The number of amides is 1. The Morgan fingerprint density at radius 2 is 2.30 bits per heavy atom. The summed E-state index contributed by atoms with van der Waals surface area (Å²) in [5, 5.41) is 14.3. The fourth-order valence-electron chi connectivity index (χ4n) is 1.80. The van der Waals surface area contributed by atoms with Gasteiger partial charge in [-0.1, -0.05) is 6.07 Å². The zero-order valence-corrected chi connectivity index (χ0v) is 14.2. The Morgan fingerprint density at radius 3 is 2.91 bits per heavy atom. The van der Waals surface area contributed by atoms with E-state index >= 15 is 0 Å². The van der Waals surface area contributed by atoms with Crippen LogP contribution in [0.4, 0.5) is 10.8 Å². The van der Waals surface area contributed by atoms with Crippen LogP contribution in [0.5, 0.6) is 5.75 Å². The third-order valence-electron chi connectivity index (χ3n) is 2.81. The highest BCUT2D eigenvalue weighted by Crippen LogP contribution is 2.29. The van der Waals surface area contributed by atoms with Gasteiger partial charge in [0.1, 0.15) is 0 Å². The van der Waals surface area contributed by atoms with Gasteiger partial charge in [-0.3, -0.25) is 14.9 Å². The summed E-state index contributed by atoms with van der Waals surface area (Å²) in [4.78, 5) is 27.4. The second kappa shape index (κ2) is 7.93. The van der Waals surface area contributed by atoms with E-state index in [1.54, 1.807) is 18.3 Å². The fourth-order valence-corrected chi connectivity index (χ4v) is 3.25. The summed E-state index contributed by atoms with van der Waals surface area (Å²) in [6.45, 7) is 1.92. The van der Waals surface area contributed by atoms with Crippen LogP contribution in [0.15, 0.2) is 24.4 Å². The molecule has 0 aliphatic carbocycles. The van der Waals surface area contributed by atoms with E-state index in [1.807, 2.05) is 6.92 Å². The predicted molar refractivity (Wildman–Crippen MR) is 91.3 cm³/mol. The van der Waals surface area contributed by atoms with Crippen LogP contribution in [0.1, 0.15) is 10.4 Å². The van der Waals surface area contributed by atoms with E-state index in [1.165, 1.54) is 36.3 Å². The van der Waals surface area contributed by atoms with E-state index in [2.05, 4.69) is 10.3 Å². The fraction of sp³-hybridized carbons (Fsp3) is 0.286. The van der Waals surface area contributed by atoms with Gasteiger partial charge < -0.3 is 10.1 Å². The first-order chi connectivity index (χ1) is 11.0. The van der Waals surface area contributed by atoms with E-state index < -0.39 is 4.92 Å². The molecule has 0 spiro atoms. The Labute approximate surface area is 141 Å². The van der Waals surface area contributed by atoms with Gasteiger partial charge >= 0.3 is 5.69 Å². The van der Waals surface area contributed by atoms with Crippen molar-refractivity contribution in [2.24, 2.45) is 0 Å². The standard InChI is InChI=1S/C14H15N3O4S2/c1-9-6-15-14(23-9)16-13(18)8-22-7-10-3-4-12(21-2)11(5-10)17(19)20/h3-6H,7-8H2,1-2H3,(H,15,16,18). The number of nitro benzene ring substituents is 1. The molecule has 7 nitrogen and oxygen atoms in total. The number of carbonyl (C=O) groups is 1. The average molecular weight is 353 g/mol. The van der Waals surface area contributed by atoms with Gasteiger partial charge in [-0.25, -0.2) is 4.98 Å². The Morgan fingerprint density at radius 1 is 1.52 bits per heavy atom. The third kappa shape index (κ3) is 4.93. The number of aryl methyl sites for hydroxylation is 1. The smallest absolute Gasteiger partial charge is 0.311 e. The van der Waals surface area contributed by atoms with Gasteiger partial charge in [-0.2, -0.15) is 0 Å². The molecule has 1 aromatic carbocycles. The maximum absolute atomic E-state index is 11.8. The number of anilines is 1. The molecule has 1 heterocycles. The Bertz CT molecular complexity index is 718. The van der Waals surface area contributed by atoms with Gasteiger partial charge in [0.25, 0.3) is 0 Å². The topological polar surface area (TPSA) is 94.4 Å². The van der Waals surface area contributed by atoms with Crippen LogP contribution >= 0.6 is 23.1 Å². The summed E-state index contributed by atoms with van der Waals surface area (Å²) in [7, 11) is 1.39. The lowest BCUT2D eigenvalue weighted by molar-refractivity contribution is -0.385. The number of ether oxygens (including phenoxy) is 1. The number of rotatable bonds is 7. The zero-order valence-electron chi connectivity index (χ0n) is 12.6. The molecular formula is C14H15N3O4S2. The molecule has 0 aliphatic rings. The summed E-state index contributed by atoms with van der Waals surface area (Å²) in [6, 6.07) is 4.78. The molecule has 2 rings (SSSR count). The summed E-state index contributed by atoms with van der Waals surface area (Å²) in [5.74, 6) is 0.821. The molecule has 0 radical (unpaired) electrons. The molecule has 23 heavy (non-hydrogen) atoms. The molecule has 0 bridgehead atoms. The van der Waals surface area contributed by atoms with Crippen molar-refractivity contribution >= 4 is 39.8 Å². The average Bonchev–Trinajstić information content (AvgIpc) is 2.92. The van der Waals surface area contributed by atoms with Crippen molar-refractivity contribution in [3.63, 3.8) is 0 Å². The van der Waals surface area contributed by atoms with Gasteiger partial charge in [0, 0.05) is 22.9 Å². The molecule has 0 fully saturated rings. The first kappa shape index (κ1) is 17.2. The molecule has 0 unspecified atom stereocenters. The second-order valence-corrected chi connectivity index (χ2v) is 6.80. The number of nitrogens with zero attached hydrogens (tertiary/aromatic N) is 2. The van der Waals surface area contributed by atoms with E-state index in [4.69, 9.17) is 4.74 Å². The molecule has 2 aromatic rings. The summed E-state index contributed by atoms with van der Waals surface area (Å²) < 4.78 is 4.95. The van der Waals surface area contributed by atoms with E-state index in [0.29, 0.717) is 10.9 Å². The maximum atomic E-state index is 11.8. The SMILES string of the molecule is COc1ccc(CSCC(=O)Nc2ncc(C)s2)cc1[N+](=O)[O-]. The minimum absolute atomic E-state index is 0.0756. The number of benzene rings is 1. The number of methoxy groups -OCH3 is 1.